The molecule has 0 aliphatic heterocycles. The van der Waals surface area contributed by atoms with Crippen LogP contribution in [0.3, 0.4) is 0 Å². The second-order valence-electron chi connectivity index (χ2n) is 5.97. The zero-order valence-corrected chi connectivity index (χ0v) is 15.3. The molecule has 3 rings (SSSR count). The molecule has 0 spiro atoms. The highest BCUT2D eigenvalue weighted by Crippen LogP contribution is 2.29. The van der Waals surface area contributed by atoms with Gasteiger partial charge in [-0.2, -0.15) is 21.6 Å². The van der Waals surface area contributed by atoms with E-state index in [-0.39, 0.29) is 11.3 Å². The van der Waals surface area contributed by atoms with E-state index in [1.807, 2.05) is 6.92 Å². The Hall–Kier alpha value is -3.01. The Morgan fingerprint density at radius 3 is 2.36 bits per heavy atom. The van der Waals surface area contributed by atoms with Crippen molar-refractivity contribution in [1.82, 2.24) is 4.98 Å². The Kier molecular flexibility index (Phi) is 4.84. The number of ketones is 1. The number of rotatable bonds is 5. The highest BCUT2D eigenvalue weighted by molar-refractivity contribution is 7.88. The second-order valence-corrected chi connectivity index (χ2v) is 7.51. The van der Waals surface area contributed by atoms with Crippen LogP contribution in [-0.2, 0) is 16.5 Å². The van der Waals surface area contributed by atoms with Gasteiger partial charge < -0.3 is 14.9 Å². The van der Waals surface area contributed by atoms with Crippen molar-refractivity contribution >= 4 is 32.5 Å². The van der Waals surface area contributed by atoms with Gasteiger partial charge in [-0.05, 0) is 48.9 Å². The summed E-state index contributed by atoms with van der Waals surface area (Å²) in [6.07, 6.45) is 0.542. The number of halogens is 3. The molecular weight excluding hydrogens is 397 g/mol. The van der Waals surface area contributed by atoms with E-state index < -0.39 is 21.4 Å². The molecule has 0 atom stereocenters. The molecule has 3 aromatic rings. The minimum absolute atomic E-state index is 0.162. The number of benzene rings is 2. The van der Waals surface area contributed by atoms with Crippen LogP contribution in [0.2, 0.25) is 0 Å². The Bertz CT molecular complexity index is 1150. The number of fused-ring (bicyclic) bond motifs is 1. The molecule has 6 nitrogen and oxygen atoms in total. The normalized spacial score (nSPS) is 12.3. The summed E-state index contributed by atoms with van der Waals surface area (Å²) in [6, 6.07) is 9.49. The average molecular weight is 412 g/mol. The molecule has 0 unspecified atom stereocenters. The zero-order valence-electron chi connectivity index (χ0n) is 14.5. The first kappa shape index (κ1) is 19.7. The molecule has 0 aliphatic rings. The van der Waals surface area contributed by atoms with Gasteiger partial charge in [0, 0.05) is 27.8 Å². The number of anilines is 1. The van der Waals surface area contributed by atoms with Gasteiger partial charge in [0.1, 0.15) is 5.75 Å². The fraction of sp³-hybridized carbons (Fsp3) is 0.167. The third-order valence-corrected chi connectivity index (χ3v) is 5.07. The molecular formula is C18H15F3N2O4S. The summed E-state index contributed by atoms with van der Waals surface area (Å²) in [7, 11) is -5.78. The first-order chi connectivity index (χ1) is 13.0. The summed E-state index contributed by atoms with van der Waals surface area (Å²) in [4.78, 5) is 16.1. The number of nitrogen functional groups attached to an aromatic ring is 1. The van der Waals surface area contributed by atoms with Crippen molar-refractivity contribution in [2.75, 3.05) is 5.73 Å². The Balaban J connectivity index is 1.96. The molecule has 0 bridgehead atoms. The molecule has 0 radical (unpaired) electrons. The summed E-state index contributed by atoms with van der Waals surface area (Å²) in [5.74, 6) is -0.924. The number of alkyl halides is 3. The number of aromatic amines is 1. The number of H-pyrrole nitrogens is 1. The van der Waals surface area contributed by atoms with Crippen molar-refractivity contribution < 1.29 is 30.6 Å². The number of aromatic nitrogens is 1. The topological polar surface area (TPSA) is 102 Å². The number of carbonyl (C=O) groups excluding carboxylic acids is 1. The average Bonchev–Trinajstić information content (AvgIpc) is 2.98. The molecule has 1 aromatic heterocycles. The molecule has 0 aliphatic carbocycles. The molecule has 0 saturated heterocycles. The van der Waals surface area contributed by atoms with Gasteiger partial charge in [0.15, 0.2) is 5.78 Å². The van der Waals surface area contributed by atoms with E-state index in [0.717, 1.165) is 17.6 Å². The largest absolute Gasteiger partial charge is 0.534 e. The molecule has 0 fully saturated rings. The van der Waals surface area contributed by atoms with Crippen LogP contribution in [0, 0.1) is 0 Å². The maximum absolute atomic E-state index is 13.0. The van der Waals surface area contributed by atoms with Gasteiger partial charge in [-0.3, -0.25) is 4.79 Å². The Morgan fingerprint density at radius 1 is 1.14 bits per heavy atom. The number of hydrogen-bond acceptors (Lipinski definition) is 5. The maximum Gasteiger partial charge on any atom is 0.534 e. The van der Waals surface area contributed by atoms with E-state index in [2.05, 4.69) is 9.17 Å². The minimum atomic E-state index is -5.78. The molecule has 10 heteroatoms. The van der Waals surface area contributed by atoms with Crippen LogP contribution < -0.4 is 9.92 Å². The van der Waals surface area contributed by atoms with Crippen molar-refractivity contribution in [3.8, 4) is 5.75 Å². The molecule has 3 N–H and O–H groups in total. The lowest BCUT2D eigenvalue weighted by atomic mass is 9.99. The summed E-state index contributed by atoms with van der Waals surface area (Å²) in [5.41, 5.74) is 2.72. The van der Waals surface area contributed by atoms with Crippen LogP contribution in [0.4, 0.5) is 18.9 Å². The van der Waals surface area contributed by atoms with Gasteiger partial charge in [0.25, 0.3) is 0 Å². The number of nitrogens with one attached hydrogen (secondary N) is 1. The first-order valence-electron chi connectivity index (χ1n) is 8.09. The second kappa shape index (κ2) is 6.86. The van der Waals surface area contributed by atoms with Crippen LogP contribution in [-0.4, -0.2) is 24.7 Å². The van der Waals surface area contributed by atoms with Crippen molar-refractivity contribution in [2.45, 2.75) is 18.9 Å². The lowest BCUT2D eigenvalue weighted by Crippen LogP contribution is -2.28. The number of hydrogen-bond donors (Lipinski definition) is 2. The molecule has 0 amide bonds. The van der Waals surface area contributed by atoms with Crippen LogP contribution in [0.15, 0.2) is 42.5 Å². The smallest absolute Gasteiger partial charge is 0.399 e. The van der Waals surface area contributed by atoms with Gasteiger partial charge in [-0.15, -0.1) is 0 Å². The van der Waals surface area contributed by atoms with Gasteiger partial charge in [-0.1, -0.05) is 6.92 Å². The first-order valence-corrected chi connectivity index (χ1v) is 9.50. The van der Waals surface area contributed by atoms with E-state index in [1.54, 1.807) is 18.2 Å². The quantitative estimate of drug-likeness (QED) is 0.287. The van der Waals surface area contributed by atoms with Crippen molar-refractivity contribution in [1.29, 1.82) is 0 Å². The molecule has 1 heterocycles. The zero-order chi connectivity index (χ0) is 20.7. The Morgan fingerprint density at radius 2 is 1.79 bits per heavy atom. The molecule has 2 aromatic carbocycles. The number of aryl methyl sites for hydroxylation is 1. The summed E-state index contributed by atoms with van der Waals surface area (Å²) < 4.78 is 63.3. The van der Waals surface area contributed by atoms with E-state index in [0.29, 0.717) is 28.8 Å². The van der Waals surface area contributed by atoms with Gasteiger partial charge in [0.05, 0.1) is 5.56 Å². The molecule has 148 valence electrons. The lowest BCUT2D eigenvalue weighted by Gasteiger charge is -2.10. The van der Waals surface area contributed by atoms with Gasteiger partial charge in [0.2, 0.25) is 0 Å². The van der Waals surface area contributed by atoms with E-state index >= 15 is 0 Å². The van der Waals surface area contributed by atoms with Crippen molar-refractivity contribution in [3.05, 3.63) is 59.3 Å². The van der Waals surface area contributed by atoms with Crippen molar-refractivity contribution in [2.24, 2.45) is 0 Å². The molecule has 0 saturated carbocycles. The third-order valence-electron chi connectivity index (χ3n) is 4.09. The van der Waals surface area contributed by atoms with Crippen molar-refractivity contribution in [3.63, 3.8) is 0 Å². The van der Waals surface area contributed by atoms with Crippen LogP contribution in [0.5, 0.6) is 5.75 Å². The monoisotopic (exact) mass is 412 g/mol. The van der Waals surface area contributed by atoms with Gasteiger partial charge >= 0.3 is 15.6 Å². The van der Waals surface area contributed by atoms with E-state index in [4.69, 9.17) is 5.73 Å². The van der Waals surface area contributed by atoms with Crippen LogP contribution >= 0.6 is 0 Å². The SMILES string of the molecule is CCc1[nH]c2ccc(N)cc2c1C(=O)c1ccc(OS(=O)(=O)C(F)(F)F)cc1. The number of carbonyl (C=O) groups is 1. The summed E-state index contributed by atoms with van der Waals surface area (Å²) >= 11 is 0. The fourth-order valence-corrected chi connectivity index (χ4v) is 3.23. The highest BCUT2D eigenvalue weighted by atomic mass is 32.2. The standard InChI is InChI=1S/C18H15F3N2O4S/c1-2-14-16(13-9-11(22)5-8-15(13)23-14)17(24)10-3-6-12(7-4-10)27-28(25,26)18(19,20)21/h3-9,23H,2,22H2,1H3. The summed E-state index contributed by atoms with van der Waals surface area (Å²) in [6.45, 7) is 1.86. The molecule has 28 heavy (non-hydrogen) atoms. The number of nitrogens with two attached hydrogens (primary N) is 1. The predicted molar refractivity (Wildman–Crippen MR) is 97.6 cm³/mol. The predicted octanol–water partition coefficient (Wildman–Crippen LogP) is 3.77. The van der Waals surface area contributed by atoms with Gasteiger partial charge in [-0.25, -0.2) is 0 Å². The summed E-state index contributed by atoms with van der Waals surface area (Å²) in [5, 5.41) is 0.627. The highest BCUT2D eigenvalue weighted by Gasteiger charge is 2.48. The van der Waals surface area contributed by atoms with Crippen LogP contribution in [0.1, 0.15) is 28.5 Å². The maximum atomic E-state index is 13.0. The van der Waals surface area contributed by atoms with E-state index in [1.165, 1.54) is 12.1 Å². The van der Waals surface area contributed by atoms with Crippen LogP contribution in [0.25, 0.3) is 10.9 Å². The third kappa shape index (κ3) is 3.55. The van der Waals surface area contributed by atoms with E-state index in [9.17, 15) is 26.4 Å². The fourth-order valence-electron chi connectivity index (χ4n) is 2.77. The minimum Gasteiger partial charge on any atom is -0.399 e. The Labute approximate surface area is 158 Å². The lowest BCUT2D eigenvalue weighted by molar-refractivity contribution is -0.0500.